The summed E-state index contributed by atoms with van der Waals surface area (Å²) >= 11 is 7.53. The zero-order valence-corrected chi connectivity index (χ0v) is 11.4. The van der Waals surface area contributed by atoms with Crippen LogP contribution in [0.2, 0.25) is 0 Å². The highest BCUT2D eigenvalue weighted by Gasteiger charge is 2.08. The minimum absolute atomic E-state index is 0.348. The van der Waals surface area contributed by atoms with Gasteiger partial charge < -0.3 is 4.74 Å². The van der Waals surface area contributed by atoms with Crippen molar-refractivity contribution in [2.45, 2.75) is 17.2 Å². The van der Waals surface area contributed by atoms with Crippen molar-refractivity contribution in [1.29, 1.82) is 0 Å². The van der Waals surface area contributed by atoms with Crippen molar-refractivity contribution >= 4 is 34.1 Å². The molecule has 1 atom stereocenters. The fourth-order valence-electron chi connectivity index (χ4n) is 1.56. The second-order valence-corrected chi connectivity index (χ2v) is 5.52. The third-order valence-electron chi connectivity index (χ3n) is 2.47. The summed E-state index contributed by atoms with van der Waals surface area (Å²) in [5.74, 6) is 1.47. The van der Waals surface area contributed by atoms with Gasteiger partial charge in [0.25, 0.3) is 0 Å². The van der Waals surface area contributed by atoms with Crippen LogP contribution in [0.5, 0.6) is 5.75 Å². The number of hydrogen-bond acceptors (Lipinski definition) is 3. The van der Waals surface area contributed by atoms with Gasteiger partial charge >= 0.3 is 0 Å². The van der Waals surface area contributed by atoms with Crippen molar-refractivity contribution in [3.63, 3.8) is 0 Å². The van der Waals surface area contributed by atoms with Gasteiger partial charge in [0.05, 0.1) is 7.11 Å². The van der Waals surface area contributed by atoms with Gasteiger partial charge in [-0.1, -0.05) is 13.0 Å². The van der Waals surface area contributed by atoms with Crippen LogP contribution in [0.1, 0.15) is 6.92 Å². The number of aromatic nitrogens is 1. The fraction of sp³-hybridized carbons (Fsp3) is 0.308. The van der Waals surface area contributed by atoms with Gasteiger partial charge in [0.2, 0.25) is 0 Å². The van der Waals surface area contributed by atoms with E-state index in [1.54, 1.807) is 18.9 Å². The van der Waals surface area contributed by atoms with Gasteiger partial charge in [0.1, 0.15) is 10.8 Å². The monoisotopic (exact) mass is 267 g/mol. The van der Waals surface area contributed by atoms with E-state index in [1.165, 1.54) is 5.39 Å². The molecular formula is C13H14ClNOS. The summed E-state index contributed by atoms with van der Waals surface area (Å²) in [4.78, 5) is 4.42. The molecule has 4 heteroatoms. The SMILES string of the molecule is COc1ccc2ccnc(SC(C)CCl)c2c1. The first kappa shape index (κ1) is 12.5. The van der Waals surface area contributed by atoms with Gasteiger partial charge in [0.15, 0.2) is 0 Å². The Bertz CT molecular complexity index is 518. The first-order valence-electron chi connectivity index (χ1n) is 5.40. The maximum atomic E-state index is 5.84. The van der Waals surface area contributed by atoms with Gasteiger partial charge in [-0.3, -0.25) is 0 Å². The number of thioether (sulfide) groups is 1. The number of methoxy groups -OCH3 is 1. The number of benzene rings is 1. The van der Waals surface area contributed by atoms with Crippen LogP contribution in [0.3, 0.4) is 0 Å². The highest BCUT2D eigenvalue weighted by atomic mass is 35.5. The Morgan fingerprint density at radius 1 is 1.41 bits per heavy atom. The number of nitrogens with zero attached hydrogens (tertiary/aromatic N) is 1. The Morgan fingerprint density at radius 3 is 2.94 bits per heavy atom. The van der Waals surface area contributed by atoms with E-state index in [1.807, 2.05) is 30.5 Å². The molecule has 0 aliphatic rings. The molecule has 2 nitrogen and oxygen atoms in total. The third kappa shape index (κ3) is 2.85. The average molecular weight is 268 g/mol. The first-order valence-corrected chi connectivity index (χ1v) is 6.81. The smallest absolute Gasteiger partial charge is 0.119 e. The number of halogens is 1. The fourth-order valence-corrected chi connectivity index (χ4v) is 2.62. The lowest BCUT2D eigenvalue weighted by Crippen LogP contribution is -1.98. The summed E-state index contributed by atoms with van der Waals surface area (Å²) < 4.78 is 5.25. The number of fused-ring (bicyclic) bond motifs is 1. The predicted octanol–water partition coefficient (Wildman–Crippen LogP) is 3.96. The maximum Gasteiger partial charge on any atom is 0.119 e. The molecule has 1 heterocycles. The number of alkyl halides is 1. The molecule has 1 unspecified atom stereocenters. The average Bonchev–Trinajstić information content (AvgIpc) is 2.38. The number of ether oxygens (including phenoxy) is 1. The van der Waals surface area contributed by atoms with Crippen LogP contribution < -0.4 is 4.74 Å². The standard InChI is InChI=1S/C13H14ClNOS/c1-9(8-14)17-13-12-7-11(16-2)4-3-10(12)5-6-15-13/h3-7,9H,8H2,1-2H3. The van der Waals surface area contributed by atoms with Gasteiger partial charge in [-0.05, 0) is 23.6 Å². The van der Waals surface area contributed by atoms with E-state index in [0.29, 0.717) is 11.1 Å². The number of pyridine rings is 1. The molecule has 0 aliphatic carbocycles. The lowest BCUT2D eigenvalue weighted by Gasteiger charge is -2.10. The highest BCUT2D eigenvalue weighted by molar-refractivity contribution is 8.00. The minimum Gasteiger partial charge on any atom is -0.497 e. The molecule has 1 aromatic carbocycles. The van der Waals surface area contributed by atoms with E-state index in [4.69, 9.17) is 16.3 Å². The molecule has 0 amide bonds. The third-order valence-corrected chi connectivity index (χ3v) is 4.23. The van der Waals surface area contributed by atoms with Crippen LogP contribution in [0, 0.1) is 0 Å². The van der Waals surface area contributed by atoms with Crippen LogP contribution in [-0.2, 0) is 0 Å². The van der Waals surface area contributed by atoms with Crippen molar-refractivity contribution < 1.29 is 4.74 Å². The lowest BCUT2D eigenvalue weighted by molar-refractivity contribution is 0.415. The molecule has 0 N–H and O–H groups in total. The second-order valence-electron chi connectivity index (χ2n) is 3.79. The molecule has 17 heavy (non-hydrogen) atoms. The summed E-state index contributed by atoms with van der Waals surface area (Å²) in [5, 5.41) is 3.65. The van der Waals surface area contributed by atoms with Crippen LogP contribution in [0.4, 0.5) is 0 Å². The Labute approximate surface area is 110 Å². The normalized spacial score (nSPS) is 12.6. The Morgan fingerprint density at radius 2 is 2.24 bits per heavy atom. The molecule has 2 aromatic rings. The van der Waals surface area contributed by atoms with E-state index >= 15 is 0 Å². The minimum atomic E-state index is 0.348. The van der Waals surface area contributed by atoms with Crippen LogP contribution >= 0.6 is 23.4 Å². The summed E-state index contributed by atoms with van der Waals surface area (Å²) in [5.41, 5.74) is 0. The van der Waals surface area contributed by atoms with Gasteiger partial charge in [0, 0.05) is 22.7 Å². The number of hydrogen-bond donors (Lipinski definition) is 0. The number of rotatable bonds is 4. The molecule has 0 aliphatic heterocycles. The summed E-state index contributed by atoms with van der Waals surface area (Å²) in [6, 6.07) is 8.03. The van der Waals surface area contributed by atoms with Crippen LogP contribution in [0.25, 0.3) is 10.8 Å². The molecule has 90 valence electrons. The van der Waals surface area contributed by atoms with Gasteiger partial charge in [-0.15, -0.1) is 23.4 Å². The van der Waals surface area contributed by atoms with Crippen LogP contribution in [-0.4, -0.2) is 23.2 Å². The van der Waals surface area contributed by atoms with E-state index in [2.05, 4.69) is 11.9 Å². The molecule has 2 rings (SSSR count). The van der Waals surface area contributed by atoms with Crippen LogP contribution in [0.15, 0.2) is 35.5 Å². The zero-order valence-electron chi connectivity index (χ0n) is 9.81. The second kappa shape index (κ2) is 5.61. The predicted molar refractivity (Wildman–Crippen MR) is 74.3 cm³/mol. The van der Waals surface area contributed by atoms with Gasteiger partial charge in [-0.25, -0.2) is 4.98 Å². The van der Waals surface area contributed by atoms with E-state index < -0.39 is 0 Å². The van der Waals surface area contributed by atoms with Crippen molar-refractivity contribution in [3.05, 3.63) is 30.5 Å². The summed E-state index contributed by atoms with van der Waals surface area (Å²) in [6.07, 6.45) is 1.83. The Hall–Kier alpha value is -0.930. The van der Waals surface area contributed by atoms with Crippen molar-refractivity contribution in [1.82, 2.24) is 4.98 Å². The van der Waals surface area contributed by atoms with Crippen molar-refractivity contribution in [2.24, 2.45) is 0 Å². The Balaban J connectivity index is 2.46. The van der Waals surface area contributed by atoms with Crippen molar-refractivity contribution in [2.75, 3.05) is 13.0 Å². The molecule has 0 radical (unpaired) electrons. The van der Waals surface area contributed by atoms with Crippen molar-refractivity contribution in [3.8, 4) is 5.75 Å². The lowest BCUT2D eigenvalue weighted by atomic mass is 10.2. The quantitative estimate of drug-likeness (QED) is 0.618. The van der Waals surface area contributed by atoms with E-state index in [9.17, 15) is 0 Å². The molecular weight excluding hydrogens is 254 g/mol. The topological polar surface area (TPSA) is 22.1 Å². The van der Waals surface area contributed by atoms with E-state index in [0.717, 1.165) is 16.2 Å². The zero-order chi connectivity index (χ0) is 12.3. The molecule has 0 bridgehead atoms. The molecule has 0 saturated heterocycles. The highest BCUT2D eigenvalue weighted by Crippen LogP contribution is 2.31. The maximum absolute atomic E-state index is 5.84. The molecule has 0 spiro atoms. The van der Waals surface area contributed by atoms with Gasteiger partial charge in [-0.2, -0.15) is 0 Å². The largest absolute Gasteiger partial charge is 0.497 e. The Kier molecular flexibility index (Phi) is 4.13. The summed E-state index contributed by atoms with van der Waals surface area (Å²) in [7, 11) is 1.67. The first-order chi connectivity index (χ1) is 8.24. The molecule has 1 aromatic heterocycles. The molecule has 0 saturated carbocycles. The summed E-state index contributed by atoms with van der Waals surface area (Å²) in [6.45, 7) is 2.10. The van der Waals surface area contributed by atoms with E-state index in [-0.39, 0.29) is 0 Å². The molecule has 0 fully saturated rings.